The molecule has 3 aromatic rings. The lowest BCUT2D eigenvalue weighted by molar-refractivity contribution is -0.385. The molecule has 0 heterocycles. The third-order valence-electron chi connectivity index (χ3n) is 4.42. The fraction of sp³-hybridized carbons (Fsp3) is 0.143. The quantitative estimate of drug-likeness (QED) is 0.441. The maximum Gasteiger partial charge on any atom is 0.273 e. The summed E-state index contributed by atoms with van der Waals surface area (Å²) in [6.45, 7) is 1.92. The van der Waals surface area contributed by atoms with Crippen LogP contribution in [0.15, 0.2) is 83.8 Å². The fourth-order valence-corrected chi connectivity index (χ4v) is 4.33. The Hall–Kier alpha value is -3.03. The van der Waals surface area contributed by atoms with Crippen molar-refractivity contribution in [3.05, 3.63) is 106 Å². The van der Waals surface area contributed by atoms with Crippen molar-refractivity contribution in [3.63, 3.8) is 0 Å². The summed E-state index contributed by atoms with van der Waals surface area (Å²) in [5, 5.41) is 11.2. The Morgan fingerprint density at radius 2 is 1.36 bits per heavy atom. The molecule has 0 fully saturated rings. The second-order valence-corrected chi connectivity index (χ2v) is 8.39. The molecule has 6 nitrogen and oxygen atoms in total. The third kappa shape index (κ3) is 4.44. The largest absolute Gasteiger partial charge is 0.273 e. The van der Waals surface area contributed by atoms with E-state index in [9.17, 15) is 18.5 Å². The number of sulfonamides is 1. The maximum absolute atomic E-state index is 13.3. The first kappa shape index (κ1) is 19.7. The number of aryl methyl sites for hydroxylation is 1. The molecule has 0 unspecified atom stereocenters. The van der Waals surface area contributed by atoms with Crippen molar-refractivity contribution in [1.29, 1.82) is 0 Å². The van der Waals surface area contributed by atoms with Gasteiger partial charge in [0.1, 0.15) is 0 Å². The van der Waals surface area contributed by atoms with Crippen molar-refractivity contribution in [2.24, 2.45) is 0 Å². The predicted molar refractivity (Wildman–Crippen MR) is 107 cm³/mol. The molecule has 0 aliphatic heterocycles. The smallest absolute Gasteiger partial charge is 0.258 e. The summed E-state index contributed by atoms with van der Waals surface area (Å²) in [6.07, 6.45) is 0. The van der Waals surface area contributed by atoms with E-state index in [0.717, 1.165) is 17.2 Å². The predicted octanol–water partition coefficient (Wildman–Crippen LogP) is 4.29. The van der Waals surface area contributed by atoms with E-state index in [1.807, 2.05) is 60.7 Å². The number of hydrogen-bond donors (Lipinski definition) is 0. The standard InChI is InChI=1S/C21H20N2O4S/c1-17-12-13-20(14-21(17)23(24)25)28(26,27)22(15-18-8-4-2-5-9-18)16-19-10-6-3-7-11-19/h2-14H,15-16H2,1H3. The summed E-state index contributed by atoms with van der Waals surface area (Å²) in [5.41, 5.74) is 1.88. The van der Waals surface area contributed by atoms with Crippen molar-refractivity contribution in [1.82, 2.24) is 4.31 Å². The lowest BCUT2D eigenvalue weighted by Gasteiger charge is -2.22. The molecule has 0 atom stereocenters. The minimum absolute atomic E-state index is 0.0864. The zero-order valence-corrected chi connectivity index (χ0v) is 16.2. The van der Waals surface area contributed by atoms with Gasteiger partial charge in [0.15, 0.2) is 0 Å². The van der Waals surface area contributed by atoms with E-state index in [4.69, 9.17) is 0 Å². The Balaban J connectivity index is 2.02. The van der Waals surface area contributed by atoms with Crippen molar-refractivity contribution < 1.29 is 13.3 Å². The Kier molecular flexibility index (Phi) is 5.87. The highest BCUT2D eigenvalue weighted by molar-refractivity contribution is 7.89. The second kappa shape index (κ2) is 8.33. The molecule has 144 valence electrons. The molecule has 0 saturated carbocycles. The van der Waals surface area contributed by atoms with E-state index in [0.29, 0.717) is 5.56 Å². The van der Waals surface area contributed by atoms with Gasteiger partial charge < -0.3 is 0 Å². The SMILES string of the molecule is Cc1ccc(S(=O)(=O)N(Cc2ccccc2)Cc2ccccc2)cc1[N+](=O)[O-]. The molecule has 7 heteroatoms. The molecule has 3 rings (SSSR count). The van der Waals surface area contributed by atoms with Crippen LogP contribution in [0, 0.1) is 17.0 Å². The van der Waals surface area contributed by atoms with Crippen LogP contribution in [0.3, 0.4) is 0 Å². The van der Waals surface area contributed by atoms with E-state index >= 15 is 0 Å². The van der Waals surface area contributed by atoms with E-state index in [1.165, 1.54) is 16.4 Å². The van der Waals surface area contributed by atoms with Crippen LogP contribution in [0.5, 0.6) is 0 Å². The molecule has 0 aromatic heterocycles. The number of rotatable bonds is 7. The average Bonchev–Trinajstić information content (AvgIpc) is 2.69. The Morgan fingerprint density at radius 1 is 0.857 bits per heavy atom. The Morgan fingerprint density at radius 3 is 1.82 bits per heavy atom. The first-order valence-corrected chi connectivity index (χ1v) is 10.1. The van der Waals surface area contributed by atoms with Gasteiger partial charge in [-0.15, -0.1) is 0 Å². The van der Waals surface area contributed by atoms with Crippen LogP contribution >= 0.6 is 0 Å². The molecule has 28 heavy (non-hydrogen) atoms. The highest BCUT2D eigenvalue weighted by atomic mass is 32.2. The highest BCUT2D eigenvalue weighted by Crippen LogP contribution is 2.26. The van der Waals surface area contributed by atoms with Crippen LogP contribution in [0.4, 0.5) is 5.69 Å². The van der Waals surface area contributed by atoms with Gasteiger partial charge in [-0.25, -0.2) is 8.42 Å². The Bertz CT molecular complexity index is 1030. The molecule has 0 aliphatic rings. The molecule has 0 aliphatic carbocycles. The molecular weight excluding hydrogens is 376 g/mol. The fourth-order valence-electron chi connectivity index (χ4n) is 2.90. The summed E-state index contributed by atoms with van der Waals surface area (Å²) in [6, 6.07) is 22.5. The number of nitro benzene ring substituents is 1. The first-order chi connectivity index (χ1) is 13.4. The first-order valence-electron chi connectivity index (χ1n) is 8.71. The van der Waals surface area contributed by atoms with E-state index in [2.05, 4.69) is 0 Å². The zero-order chi connectivity index (χ0) is 20.1. The summed E-state index contributed by atoms with van der Waals surface area (Å²) in [5.74, 6) is 0. The number of hydrogen-bond acceptors (Lipinski definition) is 4. The van der Waals surface area contributed by atoms with Gasteiger partial charge >= 0.3 is 0 Å². The monoisotopic (exact) mass is 396 g/mol. The van der Waals surface area contributed by atoms with Crippen LogP contribution in [-0.4, -0.2) is 17.6 Å². The van der Waals surface area contributed by atoms with Crippen LogP contribution in [0.25, 0.3) is 0 Å². The van der Waals surface area contributed by atoms with Gasteiger partial charge in [0, 0.05) is 24.7 Å². The van der Waals surface area contributed by atoms with Crippen molar-refractivity contribution in [2.45, 2.75) is 24.9 Å². The van der Waals surface area contributed by atoms with Crippen LogP contribution in [0.1, 0.15) is 16.7 Å². The van der Waals surface area contributed by atoms with Crippen LogP contribution in [0.2, 0.25) is 0 Å². The molecule has 0 bridgehead atoms. The molecule has 0 radical (unpaired) electrons. The van der Waals surface area contributed by atoms with Crippen molar-refractivity contribution in [3.8, 4) is 0 Å². The Labute approximate surface area is 164 Å². The summed E-state index contributed by atoms with van der Waals surface area (Å²) >= 11 is 0. The van der Waals surface area contributed by atoms with Crippen molar-refractivity contribution >= 4 is 15.7 Å². The summed E-state index contributed by atoms with van der Waals surface area (Å²) in [4.78, 5) is 10.6. The lowest BCUT2D eigenvalue weighted by atomic mass is 10.2. The topological polar surface area (TPSA) is 80.5 Å². The van der Waals surface area contributed by atoms with Gasteiger partial charge in [0.05, 0.1) is 9.82 Å². The van der Waals surface area contributed by atoms with Gasteiger partial charge in [0.25, 0.3) is 5.69 Å². The van der Waals surface area contributed by atoms with E-state index in [1.54, 1.807) is 6.92 Å². The van der Waals surface area contributed by atoms with Gasteiger partial charge in [-0.3, -0.25) is 10.1 Å². The minimum Gasteiger partial charge on any atom is -0.258 e. The lowest BCUT2D eigenvalue weighted by Crippen LogP contribution is -2.30. The zero-order valence-electron chi connectivity index (χ0n) is 15.4. The number of nitrogens with zero attached hydrogens (tertiary/aromatic N) is 2. The number of benzene rings is 3. The molecule has 3 aromatic carbocycles. The molecular formula is C21H20N2O4S. The van der Waals surface area contributed by atoms with Crippen molar-refractivity contribution in [2.75, 3.05) is 0 Å². The van der Waals surface area contributed by atoms with E-state index in [-0.39, 0.29) is 23.7 Å². The summed E-state index contributed by atoms with van der Waals surface area (Å²) in [7, 11) is -3.94. The highest BCUT2D eigenvalue weighted by Gasteiger charge is 2.27. The molecule has 0 N–H and O–H groups in total. The molecule has 0 amide bonds. The molecule has 0 spiro atoms. The molecule has 0 saturated heterocycles. The number of nitro groups is 1. The van der Waals surface area contributed by atoms with Crippen LogP contribution in [-0.2, 0) is 23.1 Å². The van der Waals surface area contributed by atoms with Gasteiger partial charge in [-0.05, 0) is 24.1 Å². The van der Waals surface area contributed by atoms with Gasteiger partial charge in [-0.2, -0.15) is 4.31 Å². The van der Waals surface area contributed by atoms with Gasteiger partial charge in [-0.1, -0.05) is 66.7 Å². The van der Waals surface area contributed by atoms with Gasteiger partial charge in [0.2, 0.25) is 10.0 Å². The second-order valence-electron chi connectivity index (χ2n) is 6.45. The average molecular weight is 396 g/mol. The van der Waals surface area contributed by atoms with Crippen LogP contribution < -0.4 is 0 Å². The minimum atomic E-state index is -3.94. The third-order valence-corrected chi connectivity index (χ3v) is 6.21. The normalized spacial score (nSPS) is 11.5. The summed E-state index contributed by atoms with van der Waals surface area (Å²) < 4.78 is 28.0. The maximum atomic E-state index is 13.3. The van der Waals surface area contributed by atoms with E-state index < -0.39 is 14.9 Å².